The fourth-order valence-electron chi connectivity index (χ4n) is 5.12. The summed E-state index contributed by atoms with van der Waals surface area (Å²) in [5, 5.41) is 19.2. The number of ether oxygens (including phenoxy) is 2. The number of imidazole rings is 1. The first-order valence-electron chi connectivity index (χ1n) is 14.2. The summed E-state index contributed by atoms with van der Waals surface area (Å²) in [5.74, 6) is 2.30. The van der Waals surface area contributed by atoms with Gasteiger partial charge in [-0.3, -0.25) is 9.69 Å². The van der Waals surface area contributed by atoms with E-state index in [1.54, 1.807) is 53.4 Å². The van der Waals surface area contributed by atoms with Crippen LogP contribution in [0.4, 0.5) is 5.69 Å². The van der Waals surface area contributed by atoms with Gasteiger partial charge in [0.05, 0.1) is 24.4 Å². The van der Waals surface area contributed by atoms with Crippen molar-refractivity contribution < 1.29 is 24.5 Å². The van der Waals surface area contributed by atoms with Gasteiger partial charge in [-0.15, -0.1) is 0 Å². The van der Waals surface area contributed by atoms with E-state index in [0.29, 0.717) is 67.8 Å². The molecule has 1 saturated heterocycles. The molecule has 4 aromatic rings. The number of aromatic hydroxyl groups is 1. The van der Waals surface area contributed by atoms with Gasteiger partial charge in [-0.1, -0.05) is 29.8 Å². The predicted molar refractivity (Wildman–Crippen MR) is 162 cm³/mol. The number of piperazine rings is 1. The van der Waals surface area contributed by atoms with Crippen molar-refractivity contribution in [2.75, 3.05) is 39.4 Å². The third-order valence-corrected chi connectivity index (χ3v) is 7.44. The lowest BCUT2D eigenvalue weighted by atomic mass is 10.1. The molecule has 10 heteroatoms. The van der Waals surface area contributed by atoms with E-state index in [1.165, 1.54) is 0 Å². The Labute approximate surface area is 251 Å². The molecule has 5 rings (SSSR count). The van der Waals surface area contributed by atoms with Crippen molar-refractivity contribution in [3.8, 4) is 23.0 Å². The first-order chi connectivity index (χ1) is 20.8. The van der Waals surface area contributed by atoms with Crippen molar-refractivity contribution in [2.45, 2.75) is 26.9 Å². The molecule has 10 nitrogen and oxygen atoms in total. The molecule has 43 heavy (non-hydrogen) atoms. The second kappa shape index (κ2) is 13.4. The Kier molecular flexibility index (Phi) is 9.25. The number of hydrogen-bond acceptors (Lipinski definition) is 7. The van der Waals surface area contributed by atoms with Crippen LogP contribution < -0.4 is 9.47 Å². The zero-order chi connectivity index (χ0) is 30.3. The minimum Gasteiger partial charge on any atom is -0.507 e. The third kappa shape index (κ3) is 7.15. The van der Waals surface area contributed by atoms with E-state index in [2.05, 4.69) is 19.3 Å². The molecule has 2 heterocycles. The van der Waals surface area contributed by atoms with Crippen LogP contribution >= 0.6 is 0 Å². The summed E-state index contributed by atoms with van der Waals surface area (Å²) in [4.78, 5) is 25.3. The highest BCUT2D eigenvalue weighted by atomic mass is 16.5. The monoisotopic (exact) mass is 581 g/mol. The summed E-state index contributed by atoms with van der Waals surface area (Å²) < 4.78 is 13.7. The molecule has 3 aromatic carbocycles. The molecular formula is C33H35N5O5. The van der Waals surface area contributed by atoms with Gasteiger partial charge >= 0.3 is 0 Å². The highest BCUT2D eigenvalue weighted by Crippen LogP contribution is 2.34. The summed E-state index contributed by atoms with van der Waals surface area (Å²) in [6.45, 7) is 15.4. The van der Waals surface area contributed by atoms with E-state index in [1.807, 2.05) is 32.2 Å². The van der Waals surface area contributed by atoms with Crippen molar-refractivity contribution in [3.05, 3.63) is 106 Å². The first kappa shape index (κ1) is 29.6. The molecular weight excluding hydrogens is 546 g/mol. The molecule has 2 N–H and O–H groups in total. The number of carbonyl (C=O) groups excluding carboxylic acids is 1. The number of nitrogens with zero attached hydrogens (tertiary/aromatic N) is 5. The van der Waals surface area contributed by atoms with Gasteiger partial charge in [0.25, 0.3) is 5.91 Å². The maximum Gasteiger partial charge on any atom is 0.257 e. The molecule has 0 saturated carbocycles. The molecule has 1 amide bonds. The molecule has 0 unspecified atom stereocenters. The summed E-state index contributed by atoms with van der Waals surface area (Å²) in [6.07, 6.45) is 1.89. The molecule has 1 aromatic heterocycles. The maximum atomic E-state index is 13.0. The molecule has 0 radical (unpaired) electrons. The number of phenols is 1. The molecule has 1 aliphatic rings. The standard InChI is InChI=1S/C33H35N5O5/c1-23-7-10-31(40)29(17-23)33(41)37-13-11-36(12-14-37)22-26-20-35-24(2)38(26)21-25-8-9-30(34-3)32(18-25)43-28-6-4-5-27(19-28)42-16-15-39/h4-10,17-20,39-40H,11-16,21-22H2,1-2H3. The van der Waals surface area contributed by atoms with E-state index >= 15 is 0 Å². The topological polar surface area (TPSA) is 105 Å². The lowest BCUT2D eigenvalue weighted by Gasteiger charge is -2.35. The molecule has 0 atom stereocenters. The van der Waals surface area contributed by atoms with Crippen LogP contribution in [0.15, 0.2) is 66.9 Å². The van der Waals surface area contributed by atoms with Gasteiger partial charge in [0, 0.05) is 51.5 Å². The van der Waals surface area contributed by atoms with Gasteiger partial charge < -0.3 is 29.2 Å². The summed E-state index contributed by atoms with van der Waals surface area (Å²) in [6, 6.07) is 17.8. The van der Waals surface area contributed by atoms with Crippen LogP contribution in [0.5, 0.6) is 23.0 Å². The number of aliphatic hydroxyl groups excluding tert-OH is 1. The fraction of sp³-hybridized carbons (Fsp3) is 0.303. The van der Waals surface area contributed by atoms with E-state index in [4.69, 9.17) is 21.2 Å². The van der Waals surface area contributed by atoms with Crippen molar-refractivity contribution in [1.82, 2.24) is 19.4 Å². The molecule has 0 bridgehead atoms. The number of hydrogen-bond donors (Lipinski definition) is 2. The first-order valence-corrected chi connectivity index (χ1v) is 14.2. The number of aromatic nitrogens is 2. The number of rotatable bonds is 10. The van der Waals surface area contributed by atoms with Crippen molar-refractivity contribution in [3.63, 3.8) is 0 Å². The number of benzene rings is 3. The Balaban J connectivity index is 1.25. The van der Waals surface area contributed by atoms with Gasteiger partial charge in [-0.25, -0.2) is 9.83 Å². The van der Waals surface area contributed by atoms with E-state index in [0.717, 1.165) is 22.6 Å². The number of phenolic OH excluding ortho intramolecular Hbond substituents is 1. The summed E-state index contributed by atoms with van der Waals surface area (Å²) in [7, 11) is 0. The van der Waals surface area contributed by atoms with E-state index in [9.17, 15) is 9.90 Å². The highest BCUT2D eigenvalue weighted by molar-refractivity contribution is 5.97. The van der Waals surface area contributed by atoms with Crippen LogP contribution in [0.2, 0.25) is 0 Å². The zero-order valence-electron chi connectivity index (χ0n) is 24.4. The Hall–Kier alpha value is -4.85. The van der Waals surface area contributed by atoms with Crippen molar-refractivity contribution in [2.24, 2.45) is 0 Å². The normalized spacial score (nSPS) is 13.5. The minimum atomic E-state index is -0.146. The largest absolute Gasteiger partial charge is 0.507 e. The van der Waals surface area contributed by atoms with Crippen LogP contribution in [0.1, 0.15) is 33.0 Å². The third-order valence-electron chi connectivity index (χ3n) is 7.44. The van der Waals surface area contributed by atoms with Crippen molar-refractivity contribution >= 4 is 11.6 Å². The average molecular weight is 582 g/mol. The number of aliphatic hydroxyl groups is 1. The molecule has 0 spiro atoms. The number of carbonyl (C=O) groups is 1. The van der Waals surface area contributed by atoms with E-state index in [-0.39, 0.29) is 24.9 Å². The molecule has 1 fully saturated rings. The number of amides is 1. The Bertz CT molecular complexity index is 1640. The lowest BCUT2D eigenvalue weighted by Crippen LogP contribution is -2.48. The minimum absolute atomic E-state index is 0.0102. The number of aryl methyl sites for hydroxylation is 2. The van der Waals surface area contributed by atoms with Gasteiger partial charge in [-0.05, 0) is 49.7 Å². The van der Waals surface area contributed by atoms with Crippen LogP contribution in [-0.2, 0) is 13.1 Å². The lowest BCUT2D eigenvalue weighted by molar-refractivity contribution is 0.0622. The summed E-state index contributed by atoms with van der Waals surface area (Å²) >= 11 is 0. The average Bonchev–Trinajstić information content (AvgIpc) is 3.35. The van der Waals surface area contributed by atoms with Crippen LogP contribution in [0, 0.1) is 20.4 Å². The zero-order valence-corrected chi connectivity index (χ0v) is 24.4. The van der Waals surface area contributed by atoms with Crippen LogP contribution in [-0.4, -0.2) is 74.9 Å². The van der Waals surface area contributed by atoms with E-state index < -0.39 is 0 Å². The Morgan fingerprint density at radius 3 is 2.56 bits per heavy atom. The second-order valence-electron chi connectivity index (χ2n) is 10.5. The van der Waals surface area contributed by atoms with Gasteiger partial charge in [0.2, 0.25) is 5.69 Å². The fourth-order valence-corrected chi connectivity index (χ4v) is 5.12. The SMILES string of the molecule is [C-]#[N+]c1ccc(Cn2c(CN3CCN(C(=O)c4cc(C)ccc4O)CC3)cnc2C)cc1Oc1cccc(OCCO)c1. The molecule has 1 aliphatic heterocycles. The molecule has 0 aliphatic carbocycles. The summed E-state index contributed by atoms with van der Waals surface area (Å²) in [5.41, 5.74) is 3.70. The van der Waals surface area contributed by atoms with Crippen LogP contribution in [0.3, 0.4) is 0 Å². The highest BCUT2D eigenvalue weighted by Gasteiger charge is 2.25. The van der Waals surface area contributed by atoms with Gasteiger partial charge in [0.15, 0.2) is 0 Å². The van der Waals surface area contributed by atoms with Gasteiger partial charge in [-0.2, -0.15) is 0 Å². The second-order valence-corrected chi connectivity index (χ2v) is 10.5. The predicted octanol–water partition coefficient (Wildman–Crippen LogP) is 4.93. The maximum absolute atomic E-state index is 13.0. The Morgan fingerprint density at radius 2 is 1.79 bits per heavy atom. The smallest absolute Gasteiger partial charge is 0.257 e. The van der Waals surface area contributed by atoms with Crippen LogP contribution in [0.25, 0.3) is 4.85 Å². The molecule has 222 valence electrons. The van der Waals surface area contributed by atoms with Gasteiger partial charge in [0.1, 0.15) is 35.4 Å². The Morgan fingerprint density at radius 1 is 1.00 bits per heavy atom. The van der Waals surface area contributed by atoms with Crippen molar-refractivity contribution in [1.29, 1.82) is 0 Å². The quantitative estimate of drug-likeness (QED) is 0.256.